The summed E-state index contributed by atoms with van der Waals surface area (Å²) in [6.07, 6.45) is 3.48. The fourth-order valence-electron chi connectivity index (χ4n) is 2.90. The molecule has 2 fully saturated rings. The molecule has 1 aliphatic carbocycles. The van der Waals surface area contributed by atoms with E-state index in [1.165, 1.54) is 0 Å². The van der Waals surface area contributed by atoms with Crippen molar-refractivity contribution in [3.63, 3.8) is 0 Å². The first kappa shape index (κ1) is 16.2. The van der Waals surface area contributed by atoms with Crippen LogP contribution in [0.25, 0.3) is 11.1 Å². The van der Waals surface area contributed by atoms with Gasteiger partial charge in [-0.25, -0.2) is 0 Å². The molecule has 2 aliphatic rings. The van der Waals surface area contributed by atoms with Crippen LogP contribution in [-0.2, 0) is 4.74 Å². The van der Waals surface area contributed by atoms with Gasteiger partial charge in [-0.3, -0.25) is 0 Å². The molecular weight excluding hydrogens is 312 g/mol. The second kappa shape index (κ2) is 6.92. The first-order valence-corrected chi connectivity index (χ1v) is 8.86. The van der Waals surface area contributed by atoms with Crippen molar-refractivity contribution in [2.75, 3.05) is 13.2 Å². The zero-order chi connectivity index (χ0) is 17.1. The van der Waals surface area contributed by atoms with E-state index in [1.807, 2.05) is 24.3 Å². The fourth-order valence-corrected chi connectivity index (χ4v) is 2.90. The lowest BCUT2D eigenvalue weighted by Crippen LogP contribution is -2.15. The molecule has 25 heavy (non-hydrogen) atoms. The molecule has 4 rings (SSSR count). The number of ether oxygens (including phenoxy) is 2. The number of aliphatic hydroxyl groups is 1. The molecule has 1 atom stereocenters. The molecule has 3 heteroatoms. The highest BCUT2D eigenvalue weighted by molar-refractivity contribution is 5.65. The van der Waals surface area contributed by atoms with Gasteiger partial charge in [-0.05, 0) is 48.2 Å². The molecule has 0 amide bonds. The van der Waals surface area contributed by atoms with Crippen LogP contribution in [0.4, 0.5) is 0 Å². The molecule has 0 bridgehead atoms. The van der Waals surface area contributed by atoms with Crippen molar-refractivity contribution >= 4 is 0 Å². The van der Waals surface area contributed by atoms with E-state index in [9.17, 15) is 5.11 Å². The second-order valence-electron chi connectivity index (χ2n) is 6.91. The zero-order valence-electron chi connectivity index (χ0n) is 14.2. The number of hydrogen-bond acceptors (Lipinski definition) is 3. The third-order valence-corrected chi connectivity index (χ3v) is 4.74. The molecule has 0 spiro atoms. The largest absolute Gasteiger partial charge is 0.488 e. The normalized spacial score (nSPS) is 20.6. The maximum Gasteiger partial charge on any atom is 0.124 e. The van der Waals surface area contributed by atoms with E-state index >= 15 is 0 Å². The summed E-state index contributed by atoms with van der Waals surface area (Å²) in [6, 6.07) is 16.4. The summed E-state index contributed by atoms with van der Waals surface area (Å²) in [6.45, 7) is 1.47. The first-order chi connectivity index (χ1) is 12.2. The van der Waals surface area contributed by atoms with Crippen LogP contribution < -0.4 is 4.74 Å². The number of rotatable bonds is 4. The molecule has 1 aliphatic heterocycles. The molecular formula is C22H22O3. The Bertz CT molecular complexity index is 771. The maximum atomic E-state index is 9.79. The molecule has 3 nitrogen and oxygen atoms in total. The van der Waals surface area contributed by atoms with Gasteiger partial charge in [-0.1, -0.05) is 36.1 Å². The second-order valence-corrected chi connectivity index (χ2v) is 6.91. The van der Waals surface area contributed by atoms with Gasteiger partial charge in [0.05, 0.1) is 18.8 Å². The Morgan fingerprint density at radius 3 is 2.32 bits per heavy atom. The van der Waals surface area contributed by atoms with Gasteiger partial charge >= 0.3 is 0 Å². The summed E-state index contributed by atoms with van der Waals surface area (Å²) in [4.78, 5) is 0. The maximum absolute atomic E-state index is 9.79. The van der Waals surface area contributed by atoms with Gasteiger partial charge in [0, 0.05) is 18.4 Å². The first-order valence-electron chi connectivity index (χ1n) is 8.86. The van der Waals surface area contributed by atoms with E-state index in [-0.39, 0.29) is 6.10 Å². The van der Waals surface area contributed by atoms with Crippen LogP contribution in [0.15, 0.2) is 48.5 Å². The average molecular weight is 334 g/mol. The lowest BCUT2D eigenvalue weighted by atomic mass is 10.0. The van der Waals surface area contributed by atoms with Gasteiger partial charge in [0.1, 0.15) is 11.9 Å². The van der Waals surface area contributed by atoms with Crippen molar-refractivity contribution in [3.8, 4) is 28.7 Å². The van der Waals surface area contributed by atoms with Crippen molar-refractivity contribution in [2.45, 2.75) is 37.4 Å². The topological polar surface area (TPSA) is 38.7 Å². The summed E-state index contributed by atoms with van der Waals surface area (Å²) in [5, 5.41) is 9.79. The lowest BCUT2D eigenvalue weighted by Gasteiger charge is -2.12. The number of benzene rings is 2. The van der Waals surface area contributed by atoms with Crippen LogP contribution in [-0.4, -0.2) is 30.0 Å². The van der Waals surface area contributed by atoms with Crippen molar-refractivity contribution in [3.05, 3.63) is 54.1 Å². The van der Waals surface area contributed by atoms with Crippen molar-refractivity contribution in [2.24, 2.45) is 0 Å². The van der Waals surface area contributed by atoms with E-state index in [0.717, 1.165) is 48.3 Å². The van der Waals surface area contributed by atoms with Gasteiger partial charge < -0.3 is 14.6 Å². The molecule has 1 saturated carbocycles. The van der Waals surface area contributed by atoms with E-state index in [1.54, 1.807) is 0 Å². The Morgan fingerprint density at radius 2 is 1.72 bits per heavy atom. The standard InChI is InChI=1S/C22H22O3/c23-22(13-14-22)12-1-2-17-3-5-18(6-4-17)19-7-9-20(10-8-19)25-21-11-15-24-16-21/h3-10,21,23H,11-16H2/t21-/m0/s1. The van der Waals surface area contributed by atoms with Crippen LogP contribution in [0.1, 0.15) is 31.2 Å². The van der Waals surface area contributed by atoms with Gasteiger partial charge in [-0.2, -0.15) is 0 Å². The highest BCUT2D eigenvalue weighted by Crippen LogP contribution is 2.37. The molecule has 2 aromatic carbocycles. The van der Waals surface area contributed by atoms with E-state index < -0.39 is 5.60 Å². The predicted octanol–water partition coefficient (Wildman–Crippen LogP) is 3.79. The third-order valence-electron chi connectivity index (χ3n) is 4.74. The van der Waals surface area contributed by atoms with Crippen LogP contribution in [0.3, 0.4) is 0 Å². The van der Waals surface area contributed by atoms with E-state index in [0.29, 0.717) is 13.0 Å². The summed E-state index contributed by atoms with van der Waals surface area (Å²) < 4.78 is 11.2. The monoisotopic (exact) mass is 334 g/mol. The van der Waals surface area contributed by atoms with Crippen LogP contribution >= 0.6 is 0 Å². The van der Waals surface area contributed by atoms with Gasteiger partial charge in [0.25, 0.3) is 0 Å². The number of hydrogen-bond donors (Lipinski definition) is 1. The molecule has 0 aromatic heterocycles. The minimum absolute atomic E-state index is 0.178. The SMILES string of the molecule is OC1(CC#Cc2ccc(-c3ccc(O[C@H]4CCOC4)cc3)cc2)CC1. The Labute approximate surface area is 148 Å². The summed E-state index contributed by atoms with van der Waals surface area (Å²) in [7, 11) is 0. The highest BCUT2D eigenvalue weighted by Gasteiger charge is 2.39. The minimum atomic E-state index is -0.499. The predicted molar refractivity (Wildman–Crippen MR) is 97.4 cm³/mol. The Hall–Kier alpha value is -2.28. The van der Waals surface area contributed by atoms with Crippen LogP contribution in [0, 0.1) is 11.8 Å². The summed E-state index contributed by atoms with van der Waals surface area (Å²) >= 11 is 0. The molecule has 0 radical (unpaired) electrons. The molecule has 1 saturated heterocycles. The Kier molecular flexibility index (Phi) is 4.48. The summed E-state index contributed by atoms with van der Waals surface area (Å²) in [5.74, 6) is 7.09. The van der Waals surface area contributed by atoms with E-state index in [2.05, 4.69) is 36.1 Å². The highest BCUT2D eigenvalue weighted by atomic mass is 16.5. The zero-order valence-corrected chi connectivity index (χ0v) is 14.2. The van der Waals surface area contributed by atoms with Gasteiger partial charge in [0.2, 0.25) is 0 Å². The molecule has 1 heterocycles. The van der Waals surface area contributed by atoms with E-state index in [4.69, 9.17) is 9.47 Å². The Morgan fingerprint density at radius 1 is 1.04 bits per heavy atom. The molecule has 128 valence electrons. The quantitative estimate of drug-likeness (QED) is 0.865. The van der Waals surface area contributed by atoms with Crippen molar-refractivity contribution < 1.29 is 14.6 Å². The summed E-state index contributed by atoms with van der Waals surface area (Å²) in [5.41, 5.74) is 2.79. The van der Waals surface area contributed by atoms with Gasteiger partial charge in [0.15, 0.2) is 0 Å². The van der Waals surface area contributed by atoms with Crippen LogP contribution in [0.2, 0.25) is 0 Å². The van der Waals surface area contributed by atoms with Gasteiger partial charge in [-0.15, -0.1) is 0 Å². The molecule has 2 aromatic rings. The minimum Gasteiger partial charge on any atom is -0.488 e. The molecule has 1 N–H and O–H groups in total. The van der Waals surface area contributed by atoms with Crippen molar-refractivity contribution in [1.29, 1.82) is 0 Å². The van der Waals surface area contributed by atoms with Crippen molar-refractivity contribution in [1.82, 2.24) is 0 Å². The average Bonchev–Trinajstić information content (AvgIpc) is 3.15. The third kappa shape index (κ3) is 4.22. The molecule has 0 unspecified atom stereocenters. The fraction of sp³-hybridized carbons (Fsp3) is 0.364. The smallest absolute Gasteiger partial charge is 0.124 e. The van der Waals surface area contributed by atoms with Crippen LogP contribution in [0.5, 0.6) is 5.75 Å². The Balaban J connectivity index is 1.39. The lowest BCUT2D eigenvalue weighted by molar-refractivity contribution is 0.141.